The van der Waals surface area contributed by atoms with Crippen molar-refractivity contribution in [3.05, 3.63) is 42.0 Å². The van der Waals surface area contributed by atoms with Crippen molar-refractivity contribution in [3.63, 3.8) is 0 Å². The van der Waals surface area contributed by atoms with Crippen molar-refractivity contribution >= 4 is 23.3 Å². The quantitative estimate of drug-likeness (QED) is 0.661. The van der Waals surface area contributed by atoms with E-state index in [1.165, 1.54) is 0 Å². The first-order valence-electron chi connectivity index (χ1n) is 8.52. The van der Waals surface area contributed by atoms with E-state index in [0.717, 1.165) is 25.1 Å². The Morgan fingerprint density at radius 3 is 2.96 bits per heavy atom. The predicted molar refractivity (Wildman–Crippen MR) is 93.0 cm³/mol. The van der Waals surface area contributed by atoms with Crippen molar-refractivity contribution in [1.82, 2.24) is 0 Å². The molecule has 1 fully saturated rings. The Balaban J connectivity index is 1.40. The van der Waals surface area contributed by atoms with Crippen molar-refractivity contribution in [3.8, 4) is 17.2 Å². The van der Waals surface area contributed by atoms with Gasteiger partial charge in [0.05, 0.1) is 16.9 Å². The molecule has 0 saturated carbocycles. The molecule has 3 aliphatic heterocycles. The van der Waals surface area contributed by atoms with Crippen LogP contribution in [0.1, 0.15) is 23.2 Å². The highest BCUT2D eigenvalue weighted by molar-refractivity contribution is 6.05. The number of carbonyl (C=O) groups is 2. The molecule has 7 heteroatoms. The molecule has 5 rings (SSSR count). The Hall–Kier alpha value is -3.22. The first kappa shape index (κ1) is 15.1. The van der Waals surface area contributed by atoms with Gasteiger partial charge in [-0.15, -0.1) is 0 Å². The van der Waals surface area contributed by atoms with E-state index in [2.05, 4.69) is 10.2 Å². The Labute approximate surface area is 149 Å². The van der Waals surface area contributed by atoms with Gasteiger partial charge in [0.15, 0.2) is 11.5 Å². The zero-order valence-electron chi connectivity index (χ0n) is 13.9. The van der Waals surface area contributed by atoms with Gasteiger partial charge in [-0.1, -0.05) is 0 Å². The summed E-state index contributed by atoms with van der Waals surface area (Å²) in [6.45, 7) is 1.01. The molecule has 7 nitrogen and oxygen atoms in total. The van der Waals surface area contributed by atoms with Crippen LogP contribution < -0.4 is 24.4 Å². The highest BCUT2D eigenvalue weighted by Gasteiger charge is 2.36. The summed E-state index contributed by atoms with van der Waals surface area (Å²) in [5.41, 5.74) is 1.97. The molecule has 1 saturated heterocycles. The van der Waals surface area contributed by atoms with Crippen molar-refractivity contribution < 1.29 is 23.8 Å². The smallest absolute Gasteiger partial charge is 0.343 e. The minimum atomic E-state index is -0.496. The van der Waals surface area contributed by atoms with Crippen molar-refractivity contribution in [2.45, 2.75) is 18.9 Å². The monoisotopic (exact) mass is 352 g/mol. The molecule has 2 aromatic rings. The summed E-state index contributed by atoms with van der Waals surface area (Å²) in [5, 5.41) is 2.90. The van der Waals surface area contributed by atoms with Crippen molar-refractivity contribution in [2.75, 3.05) is 23.6 Å². The molecule has 0 bridgehead atoms. The standard InChI is InChI=1S/C19H16N2O5/c22-18-15-2-1-7-21(15)14-5-3-11(8-13(14)20-18)19(23)26-12-4-6-16-17(9-12)25-10-24-16/h3-6,8-9,15H,1-2,7,10H2,(H,20,22)/t15-/m0/s1. The lowest BCUT2D eigenvalue weighted by Crippen LogP contribution is -2.43. The van der Waals surface area contributed by atoms with Crippen molar-refractivity contribution in [2.24, 2.45) is 0 Å². The van der Waals surface area contributed by atoms with E-state index in [9.17, 15) is 9.59 Å². The second kappa shape index (κ2) is 5.66. The molecule has 132 valence electrons. The van der Waals surface area contributed by atoms with E-state index in [-0.39, 0.29) is 18.7 Å². The summed E-state index contributed by atoms with van der Waals surface area (Å²) in [5.74, 6) is 1.04. The average molecular weight is 352 g/mol. The molecule has 0 unspecified atom stereocenters. The van der Waals surface area contributed by atoms with Gasteiger partial charge in [0.2, 0.25) is 12.7 Å². The topological polar surface area (TPSA) is 77.1 Å². The number of nitrogens with one attached hydrogen (secondary N) is 1. The zero-order valence-corrected chi connectivity index (χ0v) is 13.9. The zero-order chi connectivity index (χ0) is 17.7. The van der Waals surface area contributed by atoms with Gasteiger partial charge in [-0.05, 0) is 43.2 Å². The molecule has 0 aliphatic carbocycles. The molecule has 1 amide bonds. The third-order valence-electron chi connectivity index (χ3n) is 4.91. The number of hydrogen-bond donors (Lipinski definition) is 1. The van der Waals surface area contributed by atoms with E-state index >= 15 is 0 Å². The van der Waals surface area contributed by atoms with Gasteiger partial charge in [-0.25, -0.2) is 4.79 Å². The molecule has 3 heterocycles. The molecule has 1 atom stereocenters. The molecular formula is C19H16N2O5. The van der Waals surface area contributed by atoms with Crippen LogP contribution in [0.25, 0.3) is 0 Å². The third kappa shape index (κ3) is 2.35. The largest absolute Gasteiger partial charge is 0.454 e. The fourth-order valence-corrected chi connectivity index (χ4v) is 3.66. The number of hydrogen-bond acceptors (Lipinski definition) is 6. The second-order valence-electron chi connectivity index (χ2n) is 6.48. The Morgan fingerprint density at radius 2 is 2.04 bits per heavy atom. The summed E-state index contributed by atoms with van der Waals surface area (Å²) in [6, 6.07) is 10.1. The minimum absolute atomic E-state index is 0.0173. The third-order valence-corrected chi connectivity index (χ3v) is 4.91. The normalized spacial score (nSPS) is 19.6. The number of carbonyl (C=O) groups excluding carboxylic acids is 2. The minimum Gasteiger partial charge on any atom is -0.454 e. The SMILES string of the molecule is O=C(Oc1ccc2c(c1)OCO2)c1ccc2c(c1)NC(=O)[C@@H]1CCCN21. The van der Waals surface area contributed by atoms with Gasteiger partial charge in [0, 0.05) is 12.6 Å². The maximum atomic E-state index is 12.5. The van der Waals surface area contributed by atoms with Crippen LogP contribution in [0.5, 0.6) is 17.2 Å². The van der Waals surface area contributed by atoms with Gasteiger partial charge in [0.25, 0.3) is 0 Å². The molecule has 0 aromatic heterocycles. The van der Waals surface area contributed by atoms with E-state index in [0.29, 0.717) is 28.5 Å². The number of ether oxygens (including phenoxy) is 3. The molecular weight excluding hydrogens is 336 g/mol. The maximum absolute atomic E-state index is 12.5. The fraction of sp³-hybridized carbons (Fsp3) is 0.263. The van der Waals surface area contributed by atoms with E-state index in [4.69, 9.17) is 14.2 Å². The number of amides is 1. The highest BCUT2D eigenvalue weighted by Crippen LogP contribution is 2.38. The van der Waals surface area contributed by atoms with E-state index < -0.39 is 5.97 Å². The van der Waals surface area contributed by atoms with Gasteiger partial charge >= 0.3 is 5.97 Å². The number of rotatable bonds is 2. The van der Waals surface area contributed by atoms with Gasteiger partial charge in [0.1, 0.15) is 11.8 Å². The first-order chi connectivity index (χ1) is 12.7. The lowest BCUT2D eigenvalue weighted by molar-refractivity contribution is -0.117. The average Bonchev–Trinajstić information content (AvgIpc) is 3.30. The van der Waals surface area contributed by atoms with E-state index in [1.807, 2.05) is 6.07 Å². The molecule has 2 aromatic carbocycles. The van der Waals surface area contributed by atoms with Crippen LogP contribution in [0.4, 0.5) is 11.4 Å². The van der Waals surface area contributed by atoms with Crippen LogP contribution in [0.2, 0.25) is 0 Å². The van der Waals surface area contributed by atoms with Crippen molar-refractivity contribution in [1.29, 1.82) is 0 Å². The number of fused-ring (bicyclic) bond motifs is 4. The fourth-order valence-electron chi connectivity index (χ4n) is 3.66. The predicted octanol–water partition coefficient (Wildman–Crippen LogP) is 2.56. The van der Waals surface area contributed by atoms with Crippen LogP contribution in [0, 0.1) is 0 Å². The molecule has 0 radical (unpaired) electrons. The summed E-state index contributed by atoms with van der Waals surface area (Å²) in [4.78, 5) is 26.8. The Morgan fingerprint density at radius 1 is 1.15 bits per heavy atom. The summed E-state index contributed by atoms with van der Waals surface area (Å²) >= 11 is 0. The lowest BCUT2D eigenvalue weighted by atomic mass is 10.1. The second-order valence-corrected chi connectivity index (χ2v) is 6.48. The van der Waals surface area contributed by atoms with Gasteiger partial charge in [-0.3, -0.25) is 4.79 Å². The Kier molecular flexibility index (Phi) is 3.28. The Bertz CT molecular complexity index is 926. The van der Waals surface area contributed by atoms with E-state index in [1.54, 1.807) is 30.3 Å². The van der Waals surface area contributed by atoms with Crippen LogP contribution in [0.3, 0.4) is 0 Å². The van der Waals surface area contributed by atoms with Gasteiger partial charge < -0.3 is 24.4 Å². The maximum Gasteiger partial charge on any atom is 0.343 e. The lowest BCUT2D eigenvalue weighted by Gasteiger charge is -2.33. The van der Waals surface area contributed by atoms with Crippen LogP contribution in [-0.2, 0) is 4.79 Å². The molecule has 1 N–H and O–H groups in total. The first-order valence-corrected chi connectivity index (χ1v) is 8.52. The summed E-state index contributed by atoms with van der Waals surface area (Å²) < 4.78 is 16.0. The number of benzene rings is 2. The summed E-state index contributed by atoms with van der Waals surface area (Å²) in [6.07, 6.45) is 1.85. The number of nitrogens with zero attached hydrogens (tertiary/aromatic N) is 1. The highest BCUT2D eigenvalue weighted by atomic mass is 16.7. The van der Waals surface area contributed by atoms with Crippen LogP contribution in [0.15, 0.2) is 36.4 Å². The van der Waals surface area contributed by atoms with Crippen LogP contribution in [-0.4, -0.2) is 31.3 Å². The molecule has 26 heavy (non-hydrogen) atoms. The summed E-state index contributed by atoms with van der Waals surface area (Å²) in [7, 11) is 0. The van der Waals surface area contributed by atoms with Gasteiger partial charge in [-0.2, -0.15) is 0 Å². The van der Waals surface area contributed by atoms with Crippen LogP contribution >= 0.6 is 0 Å². The molecule has 3 aliphatic rings. The number of esters is 1. The number of anilines is 2. The molecule has 0 spiro atoms.